The first kappa shape index (κ1) is 14.4. The van der Waals surface area contributed by atoms with Gasteiger partial charge in [0.1, 0.15) is 0 Å². The maximum Gasteiger partial charge on any atom is 0.0399 e. The van der Waals surface area contributed by atoms with Gasteiger partial charge in [0, 0.05) is 25.3 Å². The van der Waals surface area contributed by atoms with Crippen LogP contribution >= 0.6 is 0 Å². The van der Waals surface area contributed by atoms with Gasteiger partial charge < -0.3 is 15.1 Å². The molecular formula is C16H27N3. The number of hydrogen-bond acceptors (Lipinski definition) is 3. The van der Waals surface area contributed by atoms with Gasteiger partial charge in [-0.2, -0.15) is 0 Å². The SMILES string of the molecule is CN(C)CCCNCCN1CCCc2ccccc21. The van der Waals surface area contributed by atoms with E-state index in [1.807, 2.05) is 0 Å². The van der Waals surface area contributed by atoms with Crippen molar-refractivity contribution in [1.29, 1.82) is 0 Å². The molecule has 0 amide bonds. The van der Waals surface area contributed by atoms with Crippen LogP contribution in [0.25, 0.3) is 0 Å². The van der Waals surface area contributed by atoms with Crippen molar-refractivity contribution in [2.45, 2.75) is 19.3 Å². The quantitative estimate of drug-likeness (QED) is 0.757. The summed E-state index contributed by atoms with van der Waals surface area (Å²) in [6, 6.07) is 8.84. The zero-order valence-corrected chi connectivity index (χ0v) is 12.4. The molecule has 1 N–H and O–H groups in total. The van der Waals surface area contributed by atoms with Crippen molar-refractivity contribution in [2.24, 2.45) is 0 Å². The molecular weight excluding hydrogens is 234 g/mol. The first-order valence-corrected chi connectivity index (χ1v) is 7.45. The van der Waals surface area contributed by atoms with E-state index >= 15 is 0 Å². The molecule has 1 aliphatic heterocycles. The van der Waals surface area contributed by atoms with Gasteiger partial charge in [-0.1, -0.05) is 18.2 Å². The highest BCUT2D eigenvalue weighted by molar-refractivity contribution is 5.55. The van der Waals surface area contributed by atoms with Gasteiger partial charge in [0.25, 0.3) is 0 Å². The van der Waals surface area contributed by atoms with Gasteiger partial charge in [0.15, 0.2) is 0 Å². The lowest BCUT2D eigenvalue weighted by Gasteiger charge is -2.31. The van der Waals surface area contributed by atoms with E-state index < -0.39 is 0 Å². The Morgan fingerprint density at radius 2 is 2.05 bits per heavy atom. The topological polar surface area (TPSA) is 18.5 Å². The van der Waals surface area contributed by atoms with E-state index in [9.17, 15) is 0 Å². The van der Waals surface area contributed by atoms with E-state index in [4.69, 9.17) is 0 Å². The fraction of sp³-hybridized carbons (Fsp3) is 0.625. The number of rotatable bonds is 7. The van der Waals surface area contributed by atoms with Crippen molar-refractivity contribution in [3.05, 3.63) is 29.8 Å². The Hall–Kier alpha value is -1.06. The van der Waals surface area contributed by atoms with Crippen LogP contribution in [0.4, 0.5) is 5.69 Å². The van der Waals surface area contributed by atoms with Crippen molar-refractivity contribution in [2.75, 3.05) is 51.7 Å². The molecule has 3 nitrogen and oxygen atoms in total. The summed E-state index contributed by atoms with van der Waals surface area (Å²) in [5, 5.41) is 3.55. The van der Waals surface area contributed by atoms with Crippen molar-refractivity contribution < 1.29 is 0 Å². The third-order valence-corrected chi connectivity index (χ3v) is 3.72. The first-order chi connectivity index (χ1) is 9.27. The molecule has 1 heterocycles. The Bertz CT molecular complexity index is 376. The number of aryl methyl sites for hydroxylation is 1. The molecule has 0 fully saturated rings. The lowest BCUT2D eigenvalue weighted by atomic mass is 10.0. The van der Waals surface area contributed by atoms with Gasteiger partial charge in [-0.25, -0.2) is 0 Å². The average Bonchev–Trinajstić information content (AvgIpc) is 2.42. The van der Waals surface area contributed by atoms with Crippen LogP contribution in [-0.4, -0.2) is 51.7 Å². The minimum absolute atomic E-state index is 1.09. The van der Waals surface area contributed by atoms with Gasteiger partial charge in [-0.05, 0) is 58.1 Å². The van der Waals surface area contributed by atoms with E-state index in [0.29, 0.717) is 0 Å². The second-order valence-corrected chi connectivity index (χ2v) is 5.63. The van der Waals surface area contributed by atoms with E-state index in [1.54, 1.807) is 0 Å². The summed E-state index contributed by atoms with van der Waals surface area (Å²) in [5.41, 5.74) is 2.96. The Balaban J connectivity index is 1.70. The van der Waals surface area contributed by atoms with E-state index in [1.165, 1.54) is 43.6 Å². The molecule has 0 unspecified atom stereocenters. The normalized spacial score (nSPS) is 14.8. The minimum atomic E-state index is 1.09. The summed E-state index contributed by atoms with van der Waals surface area (Å²) in [7, 11) is 4.26. The number of fused-ring (bicyclic) bond motifs is 1. The predicted molar refractivity (Wildman–Crippen MR) is 83.0 cm³/mol. The van der Waals surface area contributed by atoms with Crippen LogP contribution < -0.4 is 10.2 Å². The van der Waals surface area contributed by atoms with Gasteiger partial charge >= 0.3 is 0 Å². The van der Waals surface area contributed by atoms with Crippen LogP contribution in [0.15, 0.2) is 24.3 Å². The molecule has 0 aliphatic carbocycles. The Morgan fingerprint density at radius 3 is 2.89 bits per heavy atom. The fourth-order valence-electron chi connectivity index (χ4n) is 2.70. The summed E-state index contributed by atoms with van der Waals surface area (Å²) in [6.45, 7) is 5.70. The molecule has 2 rings (SSSR count). The van der Waals surface area contributed by atoms with Gasteiger partial charge in [-0.15, -0.1) is 0 Å². The lowest BCUT2D eigenvalue weighted by molar-refractivity contribution is 0.395. The zero-order valence-electron chi connectivity index (χ0n) is 12.4. The van der Waals surface area contributed by atoms with Crippen LogP contribution in [0.3, 0.4) is 0 Å². The smallest absolute Gasteiger partial charge is 0.0399 e. The van der Waals surface area contributed by atoms with Gasteiger partial charge in [0.2, 0.25) is 0 Å². The van der Waals surface area contributed by atoms with E-state index in [0.717, 1.165) is 19.6 Å². The highest BCUT2D eigenvalue weighted by Gasteiger charge is 2.14. The average molecular weight is 261 g/mol. The third kappa shape index (κ3) is 4.51. The molecule has 0 saturated heterocycles. The zero-order chi connectivity index (χ0) is 13.5. The largest absolute Gasteiger partial charge is 0.370 e. The third-order valence-electron chi connectivity index (χ3n) is 3.72. The maximum absolute atomic E-state index is 3.55. The lowest BCUT2D eigenvalue weighted by Crippen LogP contribution is -2.36. The van der Waals surface area contributed by atoms with Crippen molar-refractivity contribution >= 4 is 5.69 Å². The molecule has 3 heteroatoms. The standard InChI is InChI=1S/C16H27N3/c1-18(2)12-6-10-17-11-14-19-13-5-8-15-7-3-4-9-16(15)19/h3-4,7,9,17H,5-6,8,10-14H2,1-2H3. The molecule has 0 radical (unpaired) electrons. The van der Waals surface area contributed by atoms with Crippen molar-refractivity contribution in [3.8, 4) is 0 Å². The number of nitrogens with one attached hydrogen (secondary N) is 1. The molecule has 19 heavy (non-hydrogen) atoms. The Labute approximate surface area is 117 Å². The fourth-order valence-corrected chi connectivity index (χ4v) is 2.70. The number of para-hydroxylation sites is 1. The molecule has 0 spiro atoms. The summed E-state index contributed by atoms with van der Waals surface area (Å²) in [4.78, 5) is 4.76. The molecule has 0 bridgehead atoms. The van der Waals surface area contributed by atoms with Gasteiger partial charge in [0.05, 0.1) is 0 Å². The Morgan fingerprint density at radius 1 is 1.21 bits per heavy atom. The van der Waals surface area contributed by atoms with Crippen molar-refractivity contribution in [3.63, 3.8) is 0 Å². The van der Waals surface area contributed by atoms with Crippen LogP contribution in [0, 0.1) is 0 Å². The minimum Gasteiger partial charge on any atom is -0.370 e. The summed E-state index contributed by atoms with van der Waals surface area (Å²) in [6.07, 6.45) is 3.75. The predicted octanol–water partition coefficient (Wildman–Crippen LogP) is 1.98. The summed E-state index contributed by atoms with van der Waals surface area (Å²) in [5.74, 6) is 0. The number of hydrogen-bond donors (Lipinski definition) is 1. The first-order valence-electron chi connectivity index (χ1n) is 7.45. The van der Waals surface area contributed by atoms with Gasteiger partial charge in [-0.3, -0.25) is 0 Å². The van der Waals surface area contributed by atoms with Crippen molar-refractivity contribution in [1.82, 2.24) is 10.2 Å². The monoisotopic (exact) mass is 261 g/mol. The highest BCUT2D eigenvalue weighted by Crippen LogP contribution is 2.25. The second kappa shape index (κ2) is 7.51. The molecule has 0 aromatic heterocycles. The number of nitrogens with zero attached hydrogens (tertiary/aromatic N) is 2. The molecule has 1 aromatic rings. The molecule has 106 valence electrons. The second-order valence-electron chi connectivity index (χ2n) is 5.63. The van der Waals surface area contributed by atoms with Crippen LogP contribution in [-0.2, 0) is 6.42 Å². The summed E-state index contributed by atoms with van der Waals surface area (Å²) >= 11 is 0. The van der Waals surface area contributed by atoms with E-state index in [2.05, 4.69) is 53.5 Å². The molecule has 0 atom stereocenters. The molecule has 1 aromatic carbocycles. The van der Waals surface area contributed by atoms with Crippen LogP contribution in [0.1, 0.15) is 18.4 Å². The maximum atomic E-state index is 3.55. The Kier molecular flexibility index (Phi) is 5.67. The highest BCUT2D eigenvalue weighted by atomic mass is 15.1. The van der Waals surface area contributed by atoms with Crippen LogP contribution in [0.5, 0.6) is 0 Å². The van der Waals surface area contributed by atoms with Crippen LogP contribution in [0.2, 0.25) is 0 Å². The number of benzene rings is 1. The number of anilines is 1. The summed E-state index contributed by atoms with van der Waals surface area (Å²) < 4.78 is 0. The molecule has 0 saturated carbocycles. The van der Waals surface area contributed by atoms with E-state index in [-0.39, 0.29) is 0 Å². The molecule has 1 aliphatic rings.